The van der Waals surface area contributed by atoms with E-state index in [-0.39, 0.29) is 12.0 Å². The maximum atomic E-state index is 13.2. The van der Waals surface area contributed by atoms with Gasteiger partial charge in [0.15, 0.2) is 0 Å². The molecule has 188 valence electrons. The number of nitrogens with zero attached hydrogens (tertiary/aromatic N) is 3. The summed E-state index contributed by atoms with van der Waals surface area (Å²) in [7, 11) is 0. The van der Waals surface area contributed by atoms with Crippen molar-refractivity contribution in [1.29, 1.82) is 0 Å². The number of ether oxygens (including phenoxy) is 1. The van der Waals surface area contributed by atoms with Crippen LogP contribution in [-0.4, -0.2) is 64.7 Å². The van der Waals surface area contributed by atoms with Gasteiger partial charge in [0.1, 0.15) is 0 Å². The standard InChI is InChI=1S/C28H30ClN3O4/c1-4-5-16-36-27(34)32-14-12-31(13-15-32)26(33)20-8-11-22-23(29)18-24(30-25(22)17-20)19-6-9-21(10-7-19)28(2,3)35/h4,6-11,17-18,35H,1,5,12-16H2,2-3H3. The van der Waals surface area contributed by atoms with Crippen LogP contribution in [0.2, 0.25) is 5.02 Å². The van der Waals surface area contributed by atoms with Gasteiger partial charge < -0.3 is 19.6 Å². The molecular formula is C28H30ClN3O4. The lowest BCUT2D eigenvalue weighted by Gasteiger charge is -2.34. The van der Waals surface area contributed by atoms with Crippen LogP contribution in [-0.2, 0) is 10.3 Å². The summed E-state index contributed by atoms with van der Waals surface area (Å²) in [6.07, 6.45) is 1.95. The molecular weight excluding hydrogens is 478 g/mol. The highest BCUT2D eigenvalue weighted by atomic mass is 35.5. The van der Waals surface area contributed by atoms with E-state index in [9.17, 15) is 14.7 Å². The van der Waals surface area contributed by atoms with E-state index in [0.717, 1.165) is 16.5 Å². The third kappa shape index (κ3) is 5.69. The first-order valence-corrected chi connectivity index (χ1v) is 12.3. The summed E-state index contributed by atoms with van der Waals surface area (Å²) >= 11 is 6.56. The summed E-state index contributed by atoms with van der Waals surface area (Å²) in [5, 5.41) is 11.5. The summed E-state index contributed by atoms with van der Waals surface area (Å²) < 4.78 is 5.21. The second kappa shape index (κ2) is 10.7. The summed E-state index contributed by atoms with van der Waals surface area (Å²) in [6, 6.07) is 14.7. The Labute approximate surface area is 215 Å². The number of carbonyl (C=O) groups excluding carboxylic acids is 2. The monoisotopic (exact) mass is 507 g/mol. The molecule has 0 unspecified atom stereocenters. The molecule has 1 N–H and O–H groups in total. The zero-order valence-electron chi connectivity index (χ0n) is 20.5. The molecule has 7 nitrogen and oxygen atoms in total. The van der Waals surface area contributed by atoms with E-state index >= 15 is 0 Å². The topological polar surface area (TPSA) is 83.0 Å². The number of amides is 2. The predicted molar refractivity (Wildman–Crippen MR) is 141 cm³/mol. The highest BCUT2D eigenvalue weighted by Gasteiger charge is 2.26. The number of hydrogen-bond donors (Lipinski definition) is 1. The molecule has 0 bridgehead atoms. The van der Waals surface area contributed by atoms with Crippen LogP contribution in [0.3, 0.4) is 0 Å². The number of hydrogen-bond acceptors (Lipinski definition) is 5. The van der Waals surface area contributed by atoms with E-state index < -0.39 is 5.60 Å². The molecule has 1 aromatic heterocycles. The molecule has 3 aromatic rings. The highest BCUT2D eigenvalue weighted by Crippen LogP contribution is 2.30. The molecule has 2 aromatic carbocycles. The molecule has 36 heavy (non-hydrogen) atoms. The van der Waals surface area contributed by atoms with E-state index in [1.54, 1.807) is 47.9 Å². The Kier molecular flexibility index (Phi) is 7.62. The molecule has 0 atom stereocenters. The molecule has 1 aliphatic rings. The van der Waals surface area contributed by atoms with Gasteiger partial charge in [0, 0.05) is 42.7 Å². The van der Waals surface area contributed by atoms with Gasteiger partial charge in [-0.3, -0.25) is 4.79 Å². The minimum Gasteiger partial charge on any atom is -0.449 e. The first kappa shape index (κ1) is 25.7. The van der Waals surface area contributed by atoms with Gasteiger partial charge in [0.25, 0.3) is 5.91 Å². The van der Waals surface area contributed by atoms with Crippen molar-refractivity contribution < 1.29 is 19.4 Å². The molecule has 0 saturated carbocycles. The fourth-order valence-electron chi connectivity index (χ4n) is 4.11. The summed E-state index contributed by atoms with van der Waals surface area (Å²) in [5.41, 5.74) is 2.56. The van der Waals surface area contributed by atoms with E-state index in [4.69, 9.17) is 21.3 Å². The van der Waals surface area contributed by atoms with Crippen molar-refractivity contribution in [2.75, 3.05) is 32.8 Å². The molecule has 1 aliphatic heterocycles. The second-order valence-corrected chi connectivity index (χ2v) is 9.74. The van der Waals surface area contributed by atoms with Gasteiger partial charge in [-0.05, 0) is 44.0 Å². The average molecular weight is 508 g/mol. The Morgan fingerprint density at radius 1 is 1.08 bits per heavy atom. The van der Waals surface area contributed by atoms with Crippen LogP contribution in [0.4, 0.5) is 4.79 Å². The van der Waals surface area contributed by atoms with Crippen LogP contribution in [0.15, 0.2) is 61.2 Å². The zero-order valence-corrected chi connectivity index (χ0v) is 21.3. The highest BCUT2D eigenvalue weighted by molar-refractivity contribution is 6.35. The first-order valence-electron chi connectivity index (χ1n) is 11.9. The minimum absolute atomic E-state index is 0.116. The Morgan fingerprint density at radius 3 is 2.39 bits per heavy atom. The Balaban J connectivity index is 1.50. The maximum absolute atomic E-state index is 13.2. The molecule has 1 saturated heterocycles. The number of piperazine rings is 1. The molecule has 1 fully saturated rings. The predicted octanol–water partition coefficient (Wildman–Crippen LogP) is 5.25. The molecule has 0 aliphatic carbocycles. The van der Waals surface area contributed by atoms with Crippen molar-refractivity contribution in [3.8, 4) is 11.3 Å². The van der Waals surface area contributed by atoms with Crippen LogP contribution < -0.4 is 0 Å². The fourth-order valence-corrected chi connectivity index (χ4v) is 4.37. The van der Waals surface area contributed by atoms with E-state index in [1.165, 1.54) is 0 Å². The van der Waals surface area contributed by atoms with Crippen LogP contribution in [0.25, 0.3) is 22.2 Å². The van der Waals surface area contributed by atoms with Gasteiger partial charge in [-0.25, -0.2) is 9.78 Å². The van der Waals surface area contributed by atoms with Gasteiger partial charge in [-0.15, -0.1) is 6.58 Å². The van der Waals surface area contributed by atoms with E-state index in [1.807, 2.05) is 30.3 Å². The van der Waals surface area contributed by atoms with Crippen molar-refractivity contribution >= 4 is 34.5 Å². The first-order chi connectivity index (χ1) is 17.2. The fraction of sp³-hybridized carbons (Fsp3) is 0.321. The third-order valence-corrected chi connectivity index (χ3v) is 6.58. The van der Waals surface area contributed by atoms with Crippen LogP contribution >= 0.6 is 11.6 Å². The number of halogens is 1. The second-order valence-electron chi connectivity index (χ2n) is 9.33. The Morgan fingerprint density at radius 2 is 1.75 bits per heavy atom. The van der Waals surface area contributed by atoms with Gasteiger partial charge >= 0.3 is 6.09 Å². The smallest absolute Gasteiger partial charge is 0.409 e. The van der Waals surface area contributed by atoms with Crippen LogP contribution in [0, 0.1) is 0 Å². The normalized spacial score (nSPS) is 14.1. The van der Waals surface area contributed by atoms with Crippen molar-refractivity contribution in [3.05, 3.63) is 77.3 Å². The summed E-state index contributed by atoms with van der Waals surface area (Å²) in [4.78, 5) is 33.5. The van der Waals surface area contributed by atoms with E-state index in [2.05, 4.69) is 6.58 Å². The number of pyridine rings is 1. The zero-order chi connectivity index (χ0) is 25.9. The van der Waals surface area contributed by atoms with Crippen molar-refractivity contribution in [2.45, 2.75) is 25.9 Å². The molecule has 8 heteroatoms. The van der Waals surface area contributed by atoms with Gasteiger partial charge in [-0.1, -0.05) is 48.0 Å². The Hall–Kier alpha value is -3.42. The maximum Gasteiger partial charge on any atom is 0.409 e. The van der Waals surface area contributed by atoms with E-state index in [0.29, 0.717) is 61.0 Å². The van der Waals surface area contributed by atoms with Crippen molar-refractivity contribution in [1.82, 2.24) is 14.8 Å². The van der Waals surface area contributed by atoms with Gasteiger partial charge in [0.05, 0.1) is 28.4 Å². The largest absolute Gasteiger partial charge is 0.449 e. The lowest BCUT2D eigenvalue weighted by molar-refractivity contribution is 0.0564. The number of rotatable bonds is 6. The summed E-state index contributed by atoms with van der Waals surface area (Å²) in [6.45, 7) is 9.08. The number of aromatic nitrogens is 1. The molecule has 2 amide bonds. The molecule has 0 spiro atoms. The minimum atomic E-state index is -0.931. The molecule has 0 radical (unpaired) electrons. The number of fused-ring (bicyclic) bond motifs is 1. The third-order valence-electron chi connectivity index (χ3n) is 6.27. The average Bonchev–Trinajstić information content (AvgIpc) is 2.87. The Bertz CT molecular complexity index is 1280. The van der Waals surface area contributed by atoms with Crippen LogP contribution in [0.5, 0.6) is 0 Å². The number of benzene rings is 2. The quantitative estimate of drug-likeness (QED) is 0.364. The van der Waals surface area contributed by atoms with Gasteiger partial charge in [-0.2, -0.15) is 0 Å². The number of carbonyl (C=O) groups is 2. The lowest BCUT2D eigenvalue weighted by Crippen LogP contribution is -2.50. The number of aliphatic hydroxyl groups is 1. The molecule has 2 heterocycles. The van der Waals surface area contributed by atoms with Crippen molar-refractivity contribution in [2.24, 2.45) is 0 Å². The summed E-state index contributed by atoms with van der Waals surface area (Å²) in [5.74, 6) is -0.116. The van der Waals surface area contributed by atoms with Crippen molar-refractivity contribution in [3.63, 3.8) is 0 Å². The van der Waals surface area contributed by atoms with Crippen LogP contribution in [0.1, 0.15) is 36.2 Å². The molecule has 4 rings (SSSR count). The lowest BCUT2D eigenvalue weighted by atomic mass is 9.96. The van der Waals surface area contributed by atoms with Gasteiger partial charge in [0.2, 0.25) is 0 Å². The SMILES string of the molecule is C=CCCOC(=O)N1CCN(C(=O)c2ccc3c(Cl)cc(-c4ccc(C(C)(C)O)cc4)nc3c2)CC1.